The lowest BCUT2D eigenvalue weighted by molar-refractivity contribution is 0.0994. The Morgan fingerprint density at radius 2 is 1.71 bits per heavy atom. The second-order valence-corrected chi connectivity index (χ2v) is 2.55. The molecule has 1 amide bonds. The molecule has 0 saturated carbocycles. The van der Waals surface area contributed by atoms with Crippen molar-refractivity contribution >= 4 is 5.91 Å². The number of methoxy groups -OCH3 is 2. The van der Waals surface area contributed by atoms with E-state index in [1.54, 1.807) is 0 Å². The zero-order chi connectivity index (χ0) is 10.7. The maximum absolute atomic E-state index is 12.9. The number of amides is 1. The second-order valence-electron chi connectivity index (χ2n) is 2.55. The van der Waals surface area contributed by atoms with Crippen LogP contribution in [0.3, 0.4) is 0 Å². The quantitative estimate of drug-likeness (QED) is 0.788. The summed E-state index contributed by atoms with van der Waals surface area (Å²) in [4.78, 5) is 11.0. The fraction of sp³-hybridized carbons (Fsp3) is 0.222. The highest BCUT2D eigenvalue weighted by Gasteiger charge is 2.17. The highest BCUT2D eigenvalue weighted by Crippen LogP contribution is 2.29. The van der Waals surface area contributed by atoms with Gasteiger partial charge < -0.3 is 15.2 Å². The summed E-state index contributed by atoms with van der Waals surface area (Å²) >= 11 is 0. The van der Waals surface area contributed by atoms with Gasteiger partial charge in [0, 0.05) is 12.1 Å². The normalized spacial score (nSPS) is 9.64. The summed E-state index contributed by atoms with van der Waals surface area (Å²) in [6, 6.07) is 2.14. The Balaban J connectivity index is 3.40. The van der Waals surface area contributed by atoms with Gasteiger partial charge in [-0.15, -0.1) is 0 Å². The molecule has 0 aliphatic heterocycles. The Kier molecular flexibility index (Phi) is 2.91. The summed E-state index contributed by atoms with van der Waals surface area (Å²) in [6.07, 6.45) is 0. The van der Waals surface area contributed by atoms with Crippen LogP contribution in [-0.4, -0.2) is 20.1 Å². The van der Waals surface area contributed by atoms with E-state index in [4.69, 9.17) is 15.2 Å². The Labute approximate surface area is 80.4 Å². The number of rotatable bonds is 3. The van der Waals surface area contributed by atoms with Crippen LogP contribution in [0.4, 0.5) is 4.39 Å². The van der Waals surface area contributed by atoms with Crippen LogP contribution in [0.2, 0.25) is 0 Å². The molecule has 4 nitrogen and oxygen atoms in total. The van der Waals surface area contributed by atoms with Crippen LogP contribution < -0.4 is 15.2 Å². The number of hydrogen-bond donors (Lipinski definition) is 1. The minimum absolute atomic E-state index is 0.0383. The Hall–Kier alpha value is -1.78. The van der Waals surface area contributed by atoms with Crippen molar-refractivity contribution in [2.24, 2.45) is 5.73 Å². The summed E-state index contributed by atoms with van der Waals surface area (Å²) < 4.78 is 22.6. The van der Waals surface area contributed by atoms with E-state index in [1.807, 2.05) is 0 Å². The van der Waals surface area contributed by atoms with Crippen molar-refractivity contribution in [3.05, 3.63) is 23.5 Å². The molecule has 0 radical (unpaired) electrons. The van der Waals surface area contributed by atoms with Crippen LogP contribution in [0.15, 0.2) is 12.1 Å². The summed E-state index contributed by atoms with van der Waals surface area (Å²) in [5.41, 5.74) is 5.13. The van der Waals surface area contributed by atoms with Crippen molar-refractivity contribution in [1.29, 1.82) is 0 Å². The number of primary amides is 1. The van der Waals surface area contributed by atoms with Crippen molar-refractivity contribution in [1.82, 2.24) is 0 Å². The molecular formula is C9H10FNO3. The third-order valence-electron chi connectivity index (χ3n) is 1.72. The number of ether oxygens (including phenoxy) is 2. The smallest absolute Gasteiger partial charge is 0.256 e. The van der Waals surface area contributed by atoms with Gasteiger partial charge in [0.2, 0.25) is 0 Å². The third kappa shape index (κ3) is 1.76. The molecule has 5 heteroatoms. The third-order valence-corrected chi connectivity index (χ3v) is 1.72. The molecule has 0 spiro atoms. The molecule has 0 aliphatic rings. The van der Waals surface area contributed by atoms with Crippen LogP contribution in [0.5, 0.6) is 11.5 Å². The minimum atomic E-state index is -0.723. The minimum Gasteiger partial charge on any atom is -0.496 e. The van der Waals surface area contributed by atoms with Gasteiger partial charge in [0.05, 0.1) is 14.2 Å². The zero-order valence-electron chi connectivity index (χ0n) is 7.83. The number of benzene rings is 1. The van der Waals surface area contributed by atoms with Gasteiger partial charge in [-0.2, -0.15) is 0 Å². The zero-order valence-corrected chi connectivity index (χ0v) is 7.83. The summed E-state index contributed by atoms with van der Waals surface area (Å²) in [5, 5.41) is 0. The summed E-state index contributed by atoms with van der Waals surface area (Å²) in [6.45, 7) is 0. The standard InChI is InChI=1S/C9H10FNO3/c1-13-6-3-5(10)4-7(14-2)8(6)9(11)12/h3-4H,1-2H3,(H2,11,12). The predicted octanol–water partition coefficient (Wildman–Crippen LogP) is 0.942. The first-order valence-electron chi connectivity index (χ1n) is 3.81. The van der Waals surface area contributed by atoms with Gasteiger partial charge in [-0.3, -0.25) is 4.79 Å². The highest BCUT2D eigenvalue weighted by atomic mass is 19.1. The number of nitrogens with two attached hydrogens (primary N) is 1. The molecule has 0 saturated heterocycles. The van der Waals surface area contributed by atoms with E-state index in [2.05, 4.69) is 0 Å². The lowest BCUT2D eigenvalue weighted by Crippen LogP contribution is -2.14. The van der Waals surface area contributed by atoms with Crippen molar-refractivity contribution < 1.29 is 18.7 Å². The topological polar surface area (TPSA) is 61.6 Å². The molecule has 1 rings (SSSR count). The van der Waals surface area contributed by atoms with Crippen molar-refractivity contribution in [2.45, 2.75) is 0 Å². The Morgan fingerprint density at radius 3 is 2.00 bits per heavy atom. The first-order valence-corrected chi connectivity index (χ1v) is 3.81. The maximum atomic E-state index is 12.9. The molecule has 1 aromatic carbocycles. The average molecular weight is 199 g/mol. The molecule has 1 aromatic rings. The van der Waals surface area contributed by atoms with Crippen LogP contribution in [-0.2, 0) is 0 Å². The summed E-state index contributed by atoms with van der Waals surface area (Å²) in [7, 11) is 2.64. The molecule has 0 aliphatic carbocycles. The maximum Gasteiger partial charge on any atom is 0.256 e. The largest absolute Gasteiger partial charge is 0.496 e. The monoisotopic (exact) mass is 199 g/mol. The van der Waals surface area contributed by atoms with Crippen molar-refractivity contribution in [3.8, 4) is 11.5 Å². The SMILES string of the molecule is COc1cc(F)cc(OC)c1C(N)=O. The number of halogens is 1. The van der Waals surface area contributed by atoms with Crippen LogP contribution in [0, 0.1) is 5.82 Å². The molecule has 0 atom stereocenters. The lowest BCUT2D eigenvalue weighted by atomic mass is 10.1. The molecule has 0 aromatic heterocycles. The van der Waals surface area contributed by atoms with Crippen molar-refractivity contribution in [3.63, 3.8) is 0 Å². The predicted molar refractivity (Wildman–Crippen MR) is 48.0 cm³/mol. The fourth-order valence-electron chi connectivity index (χ4n) is 1.12. The van der Waals surface area contributed by atoms with E-state index in [0.29, 0.717) is 0 Å². The first kappa shape index (κ1) is 10.3. The van der Waals surface area contributed by atoms with Gasteiger partial charge in [0.15, 0.2) is 0 Å². The first-order chi connectivity index (χ1) is 6.60. The van der Waals surface area contributed by atoms with Crippen LogP contribution in [0.1, 0.15) is 10.4 Å². The number of carbonyl (C=O) groups excluding carboxylic acids is 1. The number of hydrogen-bond acceptors (Lipinski definition) is 3. The van der Waals surface area contributed by atoms with E-state index in [9.17, 15) is 9.18 Å². The molecule has 14 heavy (non-hydrogen) atoms. The highest BCUT2D eigenvalue weighted by molar-refractivity contribution is 5.98. The summed E-state index contributed by atoms with van der Waals surface area (Å²) in [5.74, 6) is -1.15. The Bertz CT molecular complexity index is 340. The van der Waals surface area contributed by atoms with E-state index in [0.717, 1.165) is 12.1 Å². The van der Waals surface area contributed by atoms with Gasteiger partial charge in [0.25, 0.3) is 5.91 Å². The number of carbonyl (C=O) groups is 1. The van der Waals surface area contributed by atoms with Crippen LogP contribution >= 0.6 is 0 Å². The van der Waals surface area contributed by atoms with E-state index >= 15 is 0 Å². The van der Waals surface area contributed by atoms with Gasteiger partial charge in [-0.1, -0.05) is 0 Å². The second kappa shape index (κ2) is 3.95. The van der Waals surface area contributed by atoms with Crippen LogP contribution in [0.25, 0.3) is 0 Å². The van der Waals surface area contributed by atoms with Crippen molar-refractivity contribution in [2.75, 3.05) is 14.2 Å². The lowest BCUT2D eigenvalue weighted by Gasteiger charge is -2.10. The van der Waals surface area contributed by atoms with E-state index in [1.165, 1.54) is 14.2 Å². The molecule has 0 heterocycles. The van der Waals surface area contributed by atoms with E-state index in [-0.39, 0.29) is 17.1 Å². The Morgan fingerprint density at radius 1 is 1.29 bits per heavy atom. The van der Waals surface area contributed by atoms with Gasteiger partial charge in [-0.05, 0) is 0 Å². The average Bonchev–Trinajstić information content (AvgIpc) is 2.15. The molecule has 0 unspecified atom stereocenters. The molecule has 0 fully saturated rings. The molecule has 76 valence electrons. The molecule has 0 bridgehead atoms. The van der Waals surface area contributed by atoms with Gasteiger partial charge in [0.1, 0.15) is 22.9 Å². The molecule has 2 N–H and O–H groups in total. The molecular weight excluding hydrogens is 189 g/mol. The van der Waals surface area contributed by atoms with Gasteiger partial charge >= 0.3 is 0 Å². The van der Waals surface area contributed by atoms with Gasteiger partial charge in [-0.25, -0.2) is 4.39 Å². The fourth-order valence-corrected chi connectivity index (χ4v) is 1.12. The van der Waals surface area contributed by atoms with E-state index < -0.39 is 11.7 Å².